The van der Waals surface area contributed by atoms with Crippen molar-refractivity contribution in [2.24, 2.45) is 11.1 Å². The average molecular weight is 345 g/mol. The van der Waals surface area contributed by atoms with Crippen molar-refractivity contribution in [3.63, 3.8) is 0 Å². The molecule has 0 aromatic heterocycles. The topological polar surface area (TPSA) is 54.4 Å². The number of hydrogen-bond donors (Lipinski definition) is 0. The van der Waals surface area contributed by atoms with Gasteiger partial charge in [0.05, 0.1) is 19.4 Å². The molecule has 6 nitrogen and oxygen atoms in total. The van der Waals surface area contributed by atoms with E-state index in [-0.39, 0.29) is 12.5 Å². The van der Waals surface area contributed by atoms with Crippen molar-refractivity contribution in [1.82, 2.24) is 4.90 Å². The fourth-order valence-corrected chi connectivity index (χ4v) is 3.13. The van der Waals surface area contributed by atoms with E-state index in [1.807, 2.05) is 17.0 Å². The van der Waals surface area contributed by atoms with Crippen molar-refractivity contribution in [2.45, 2.75) is 19.8 Å². The van der Waals surface area contributed by atoms with Crippen LogP contribution >= 0.6 is 0 Å². The van der Waals surface area contributed by atoms with Crippen LogP contribution in [0.15, 0.2) is 29.4 Å². The van der Waals surface area contributed by atoms with Crippen LogP contribution in [0.1, 0.15) is 25.3 Å². The first-order chi connectivity index (χ1) is 12.2. The third kappa shape index (κ3) is 5.19. The number of hydrogen-bond acceptors (Lipinski definition) is 5. The maximum Gasteiger partial charge on any atom is 0.263 e. The summed E-state index contributed by atoms with van der Waals surface area (Å²) < 4.78 is 5.37. The Kier molecular flexibility index (Phi) is 6.28. The molecule has 25 heavy (non-hydrogen) atoms. The van der Waals surface area contributed by atoms with Crippen LogP contribution in [0.2, 0.25) is 0 Å². The summed E-state index contributed by atoms with van der Waals surface area (Å²) in [5.74, 6) is 0.732. The van der Waals surface area contributed by atoms with E-state index in [9.17, 15) is 4.79 Å². The number of carbonyl (C=O) groups excluding carboxylic acids is 1. The van der Waals surface area contributed by atoms with Gasteiger partial charge >= 0.3 is 0 Å². The van der Waals surface area contributed by atoms with E-state index in [0.29, 0.717) is 5.92 Å². The molecule has 0 aliphatic carbocycles. The molecular weight excluding hydrogens is 318 g/mol. The summed E-state index contributed by atoms with van der Waals surface area (Å²) in [6.45, 7) is 7.31. The highest BCUT2D eigenvalue weighted by atomic mass is 16.6. The van der Waals surface area contributed by atoms with Gasteiger partial charge in [-0.2, -0.15) is 0 Å². The molecule has 136 valence electrons. The van der Waals surface area contributed by atoms with E-state index in [1.54, 1.807) is 6.21 Å². The van der Waals surface area contributed by atoms with Gasteiger partial charge in [-0.3, -0.25) is 4.79 Å². The van der Waals surface area contributed by atoms with Crippen molar-refractivity contribution in [2.75, 3.05) is 50.9 Å². The summed E-state index contributed by atoms with van der Waals surface area (Å²) >= 11 is 0. The fraction of sp³-hybridized carbons (Fsp3) is 0.579. The van der Waals surface area contributed by atoms with Crippen LogP contribution in [0.4, 0.5) is 5.69 Å². The molecular formula is C19H27N3O3. The smallest absolute Gasteiger partial charge is 0.263 e. The van der Waals surface area contributed by atoms with Crippen molar-refractivity contribution < 1.29 is 14.4 Å². The molecule has 6 heteroatoms. The number of benzene rings is 1. The monoisotopic (exact) mass is 345 g/mol. The fourth-order valence-electron chi connectivity index (χ4n) is 3.13. The van der Waals surface area contributed by atoms with Crippen LogP contribution in [0, 0.1) is 5.92 Å². The number of anilines is 1. The molecule has 1 amide bonds. The molecule has 2 saturated heterocycles. The highest BCUT2D eigenvalue weighted by molar-refractivity contribution is 5.80. The molecule has 3 rings (SSSR count). The summed E-state index contributed by atoms with van der Waals surface area (Å²) in [6.07, 6.45) is 3.80. The van der Waals surface area contributed by atoms with Crippen molar-refractivity contribution in [3.05, 3.63) is 29.8 Å². The predicted molar refractivity (Wildman–Crippen MR) is 98.0 cm³/mol. The highest BCUT2D eigenvalue weighted by Crippen LogP contribution is 2.17. The van der Waals surface area contributed by atoms with Gasteiger partial charge in [-0.25, -0.2) is 0 Å². The van der Waals surface area contributed by atoms with Gasteiger partial charge in [-0.1, -0.05) is 24.2 Å². The Hall–Kier alpha value is -2.08. The van der Waals surface area contributed by atoms with Gasteiger partial charge in [-0.05, 0) is 36.5 Å². The second-order valence-electron chi connectivity index (χ2n) is 6.76. The van der Waals surface area contributed by atoms with Gasteiger partial charge in [0, 0.05) is 31.9 Å². The number of ether oxygens (including phenoxy) is 1. The summed E-state index contributed by atoms with van der Waals surface area (Å²) in [5, 5.41) is 3.93. The number of carbonyl (C=O) groups is 1. The maximum absolute atomic E-state index is 12.0. The second kappa shape index (κ2) is 8.85. The second-order valence-corrected chi connectivity index (χ2v) is 6.76. The van der Waals surface area contributed by atoms with Gasteiger partial charge in [0.15, 0.2) is 6.61 Å². The zero-order chi connectivity index (χ0) is 17.5. The molecule has 2 heterocycles. The van der Waals surface area contributed by atoms with Crippen molar-refractivity contribution in [3.8, 4) is 0 Å². The molecule has 0 bridgehead atoms. The summed E-state index contributed by atoms with van der Waals surface area (Å²) in [6, 6.07) is 8.16. The first-order valence-corrected chi connectivity index (χ1v) is 9.08. The van der Waals surface area contributed by atoms with Crippen LogP contribution in [-0.2, 0) is 14.4 Å². The lowest BCUT2D eigenvalue weighted by Gasteiger charge is -2.29. The van der Waals surface area contributed by atoms with E-state index in [0.717, 1.165) is 57.8 Å². The Balaban J connectivity index is 1.42. The zero-order valence-electron chi connectivity index (χ0n) is 14.9. The van der Waals surface area contributed by atoms with Crippen molar-refractivity contribution >= 4 is 17.8 Å². The third-order valence-corrected chi connectivity index (χ3v) is 4.87. The number of piperidine rings is 1. The molecule has 1 aromatic carbocycles. The first-order valence-electron chi connectivity index (χ1n) is 9.08. The third-order valence-electron chi connectivity index (χ3n) is 4.87. The van der Waals surface area contributed by atoms with Crippen LogP contribution in [0.25, 0.3) is 0 Å². The van der Waals surface area contributed by atoms with Gasteiger partial charge in [0.25, 0.3) is 5.91 Å². The number of rotatable bonds is 5. The minimum atomic E-state index is 0.0107. The Bertz CT molecular complexity index is 574. The van der Waals surface area contributed by atoms with Crippen LogP contribution in [0.3, 0.4) is 0 Å². The number of likely N-dealkylation sites (tertiary alicyclic amines) is 1. The standard InChI is InChI=1S/C19H27N3O3/c1-16-6-8-22(9-7-16)19(23)15-25-20-14-17-2-4-18(5-3-17)21-10-12-24-13-11-21/h2-5,14,16H,6-13,15H2,1H3. The first kappa shape index (κ1) is 17.7. The summed E-state index contributed by atoms with van der Waals surface area (Å²) in [4.78, 5) is 21.4. The van der Waals surface area contributed by atoms with Crippen LogP contribution in [0.5, 0.6) is 0 Å². The normalized spacial score (nSPS) is 19.4. The molecule has 2 aliphatic rings. The summed E-state index contributed by atoms with van der Waals surface area (Å²) in [5.41, 5.74) is 2.15. The number of amides is 1. The molecule has 1 aromatic rings. The molecule has 0 radical (unpaired) electrons. The predicted octanol–water partition coefficient (Wildman–Crippen LogP) is 2.13. The highest BCUT2D eigenvalue weighted by Gasteiger charge is 2.20. The van der Waals surface area contributed by atoms with Gasteiger partial charge in [0.2, 0.25) is 0 Å². The number of nitrogens with zero attached hydrogens (tertiary/aromatic N) is 3. The molecule has 0 unspecified atom stereocenters. The molecule has 0 N–H and O–H groups in total. The van der Waals surface area contributed by atoms with Crippen LogP contribution in [-0.4, -0.2) is 63.0 Å². The lowest BCUT2D eigenvalue weighted by atomic mass is 9.99. The number of morpholine rings is 1. The van der Waals surface area contributed by atoms with E-state index < -0.39 is 0 Å². The van der Waals surface area contributed by atoms with Crippen LogP contribution < -0.4 is 4.90 Å². The van der Waals surface area contributed by atoms with E-state index in [1.165, 1.54) is 5.69 Å². The number of oxime groups is 1. The SMILES string of the molecule is CC1CCN(C(=O)CON=Cc2ccc(N3CCOCC3)cc2)CC1. The quantitative estimate of drug-likeness (QED) is 0.606. The lowest BCUT2D eigenvalue weighted by Crippen LogP contribution is -2.39. The Morgan fingerprint density at radius 3 is 2.56 bits per heavy atom. The minimum absolute atomic E-state index is 0.0107. The molecule has 0 saturated carbocycles. The largest absolute Gasteiger partial charge is 0.386 e. The maximum atomic E-state index is 12.0. The summed E-state index contributed by atoms with van der Waals surface area (Å²) in [7, 11) is 0. The zero-order valence-corrected chi connectivity index (χ0v) is 14.9. The van der Waals surface area contributed by atoms with E-state index in [4.69, 9.17) is 9.57 Å². The molecule has 0 spiro atoms. The molecule has 2 aliphatic heterocycles. The Labute approximate surface area is 149 Å². The lowest BCUT2D eigenvalue weighted by molar-refractivity contribution is -0.137. The Morgan fingerprint density at radius 2 is 1.88 bits per heavy atom. The Morgan fingerprint density at radius 1 is 1.20 bits per heavy atom. The van der Waals surface area contributed by atoms with E-state index >= 15 is 0 Å². The molecule has 2 fully saturated rings. The van der Waals surface area contributed by atoms with Gasteiger partial charge in [0.1, 0.15) is 0 Å². The van der Waals surface area contributed by atoms with Crippen molar-refractivity contribution in [1.29, 1.82) is 0 Å². The minimum Gasteiger partial charge on any atom is -0.386 e. The molecule has 0 atom stereocenters. The van der Waals surface area contributed by atoms with Gasteiger partial charge < -0.3 is 19.4 Å². The van der Waals surface area contributed by atoms with Gasteiger partial charge in [-0.15, -0.1) is 0 Å². The average Bonchev–Trinajstić information content (AvgIpc) is 2.67. The van der Waals surface area contributed by atoms with E-state index in [2.05, 4.69) is 29.1 Å².